The SMILES string of the molecule is CNC(=O)[C@H](C)N(Cc1ccccc1C)C(=O)COc1cccc(Cl)c1. The van der Waals surface area contributed by atoms with Gasteiger partial charge in [-0.3, -0.25) is 9.59 Å². The van der Waals surface area contributed by atoms with Crippen LogP contribution in [0.25, 0.3) is 0 Å². The fourth-order valence-corrected chi connectivity index (χ4v) is 2.73. The summed E-state index contributed by atoms with van der Waals surface area (Å²) in [6.07, 6.45) is 0. The fraction of sp³-hybridized carbons (Fsp3) is 0.300. The quantitative estimate of drug-likeness (QED) is 0.809. The second-order valence-corrected chi connectivity index (χ2v) is 6.42. The molecule has 2 aromatic carbocycles. The van der Waals surface area contributed by atoms with Crippen LogP contribution >= 0.6 is 11.6 Å². The molecular formula is C20H23ClN2O3. The molecule has 0 saturated carbocycles. The van der Waals surface area contributed by atoms with Crippen LogP contribution < -0.4 is 10.1 Å². The molecule has 0 unspecified atom stereocenters. The van der Waals surface area contributed by atoms with E-state index in [9.17, 15) is 9.59 Å². The van der Waals surface area contributed by atoms with Gasteiger partial charge in [-0.1, -0.05) is 41.9 Å². The summed E-state index contributed by atoms with van der Waals surface area (Å²) >= 11 is 5.93. The van der Waals surface area contributed by atoms with E-state index in [0.29, 0.717) is 17.3 Å². The first-order valence-electron chi connectivity index (χ1n) is 8.36. The largest absolute Gasteiger partial charge is 0.484 e. The first-order chi connectivity index (χ1) is 12.4. The molecule has 2 amide bonds. The minimum absolute atomic E-state index is 0.173. The maximum Gasteiger partial charge on any atom is 0.261 e. The third-order valence-electron chi connectivity index (χ3n) is 4.17. The maximum absolute atomic E-state index is 12.8. The van der Waals surface area contributed by atoms with Crippen LogP contribution in [0.1, 0.15) is 18.1 Å². The summed E-state index contributed by atoms with van der Waals surface area (Å²) in [5.74, 6) is 0.00769. The average molecular weight is 375 g/mol. The standard InChI is InChI=1S/C20H23ClN2O3/c1-14-7-4-5-8-16(14)12-23(15(2)20(25)22-3)19(24)13-26-18-10-6-9-17(21)11-18/h4-11,15H,12-13H2,1-3H3,(H,22,25)/t15-/m0/s1. The average Bonchev–Trinajstić information content (AvgIpc) is 2.64. The lowest BCUT2D eigenvalue weighted by molar-refractivity contribution is -0.142. The summed E-state index contributed by atoms with van der Waals surface area (Å²) in [6, 6.07) is 14.0. The predicted octanol–water partition coefficient (Wildman–Crippen LogP) is 3.19. The Hall–Kier alpha value is -2.53. The summed E-state index contributed by atoms with van der Waals surface area (Å²) in [5, 5.41) is 3.12. The van der Waals surface area contributed by atoms with Crippen molar-refractivity contribution in [2.45, 2.75) is 26.4 Å². The molecule has 0 spiro atoms. The molecule has 1 N–H and O–H groups in total. The number of benzene rings is 2. The number of likely N-dealkylation sites (N-methyl/N-ethyl adjacent to an activating group) is 1. The summed E-state index contributed by atoms with van der Waals surface area (Å²) in [4.78, 5) is 26.4. The Morgan fingerprint density at radius 2 is 1.92 bits per heavy atom. The monoisotopic (exact) mass is 374 g/mol. The number of nitrogens with zero attached hydrogens (tertiary/aromatic N) is 1. The van der Waals surface area contributed by atoms with E-state index in [1.54, 1.807) is 38.2 Å². The topological polar surface area (TPSA) is 58.6 Å². The molecule has 0 radical (unpaired) electrons. The van der Waals surface area contributed by atoms with Crippen molar-refractivity contribution in [3.63, 3.8) is 0 Å². The number of amides is 2. The van der Waals surface area contributed by atoms with E-state index in [1.807, 2.05) is 31.2 Å². The highest BCUT2D eigenvalue weighted by Crippen LogP contribution is 2.18. The van der Waals surface area contributed by atoms with Crippen molar-refractivity contribution in [2.24, 2.45) is 0 Å². The van der Waals surface area contributed by atoms with Gasteiger partial charge in [0.25, 0.3) is 5.91 Å². The molecule has 1 atom stereocenters. The van der Waals surface area contributed by atoms with Gasteiger partial charge in [0.1, 0.15) is 11.8 Å². The minimum atomic E-state index is -0.616. The lowest BCUT2D eigenvalue weighted by Gasteiger charge is -2.28. The van der Waals surface area contributed by atoms with Crippen LogP contribution in [-0.4, -0.2) is 36.4 Å². The number of hydrogen-bond acceptors (Lipinski definition) is 3. The number of ether oxygens (including phenoxy) is 1. The van der Waals surface area contributed by atoms with Crippen molar-refractivity contribution in [1.82, 2.24) is 10.2 Å². The van der Waals surface area contributed by atoms with E-state index in [4.69, 9.17) is 16.3 Å². The van der Waals surface area contributed by atoms with Gasteiger partial charge >= 0.3 is 0 Å². The van der Waals surface area contributed by atoms with Gasteiger partial charge in [0, 0.05) is 18.6 Å². The summed E-state index contributed by atoms with van der Waals surface area (Å²) in [5.41, 5.74) is 2.05. The number of halogens is 1. The van der Waals surface area contributed by atoms with Crippen LogP contribution in [0.4, 0.5) is 0 Å². The van der Waals surface area contributed by atoms with E-state index >= 15 is 0 Å². The van der Waals surface area contributed by atoms with Gasteiger partial charge in [0.2, 0.25) is 5.91 Å². The first kappa shape index (κ1) is 19.8. The van der Waals surface area contributed by atoms with E-state index in [0.717, 1.165) is 11.1 Å². The van der Waals surface area contributed by atoms with Gasteiger partial charge in [0.05, 0.1) is 0 Å². The molecular weight excluding hydrogens is 352 g/mol. The molecule has 0 aliphatic rings. The third kappa shape index (κ3) is 5.23. The highest BCUT2D eigenvalue weighted by Gasteiger charge is 2.26. The Morgan fingerprint density at radius 1 is 1.19 bits per heavy atom. The molecule has 0 aliphatic carbocycles. The lowest BCUT2D eigenvalue weighted by atomic mass is 10.1. The van der Waals surface area contributed by atoms with Gasteiger partial charge in [-0.25, -0.2) is 0 Å². The number of hydrogen-bond donors (Lipinski definition) is 1. The smallest absolute Gasteiger partial charge is 0.261 e. The van der Waals surface area contributed by atoms with Crippen molar-refractivity contribution in [3.05, 3.63) is 64.7 Å². The third-order valence-corrected chi connectivity index (χ3v) is 4.41. The molecule has 0 heterocycles. The number of rotatable bonds is 7. The van der Waals surface area contributed by atoms with Gasteiger partial charge in [0.15, 0.2) is 6.61 Å². The van der Waals surface area contributed by atoms with Gasteiger partial charge in [-0.15, -0.1) is 0 Å². The van der Waals surface area contributed by atoms with Gasteiger partial charge < -0.3 is 15.0 Å². The number of aryl methyl sites for hydroxylation is 1. The zero-order valence-electron chi connectivity index (χ0n) is 15.2. The molecule has 0 aliphatic heterocycles. The van der Waals surface area contributed by atoms with Crippen LogP contribution in [0.2, 0.25) is 5.02 Å². The predicted molar refractivity (Wildman–Crippen MR) is 102 cm³/mol. The van der Waals surface area contributed by atoms with Crippen LogP contribution in [0.5, 0.6) is 5.75 Å². The van der Waals surface area contributed by atoms with E-state index in [1.165, 1.54) is 4.90 Å². The second-order valence-electron chi connectivity index (χ2n) is 5.98. The zero-order valence-corrected chi connectivity index (χ0v) is 15.9. The molecule has 0 aromatic heterocycles. The van der Waals surface area contributed by atoms with Crippen LogP contribution in [0.15, 0.2) is 48.5 Å². The second kappa shape index (κ2) is 9.25. The summed E-state index contributed by atoms with van der Waals surface area (Å²) in [6.45, 7) is 3.84. The van der Waals surface area contributed by atoms with E-state index in [2.05, 4.69) is 5.32 Å². The van der Waals surface area contributed by atoms with Crippen molar-refractivity contribution in [3.8, 4) is 5.75 Å². The molecule has 138 valence electrons. The summed E-state index contributed by atoms with van der Waals surface area (Å²) < 4.78 is 5.55. The Labute approximate surface area is 158 Å². The highest BCUT2D eigenvalue weighted by atomic mass is 35.5. The number of carbonyl (C=O) groups is 2. The molecule has 5 nitrogen and oxygen atoms in total. The molecule has 2 aromatic rings. The highest BCUT2D eigenvalue weighted by molar-refractivity contribution is 6.30. The van der Waals surface area contributed by atoms with Crippen LogP contribution in [-0.2, 0) is 16.1 Å². The fourth-order valence-electron chi connectivity index (χ4n) is 2.55. The molecule has 0 fully saturated rings. The molecule has 0 saturated heterocycles. The molecule has 26 heavy (non-hydrogen) atoms. The minimum Gasteiger partial charge on any atom is -0.484 e. The molecule has 2 rings (SSSR count). The normalized spacial score (nSPS) is 11.5. The molecule has 0 bridgehead atoms. The Morgan fingerprint density at radius 3 is 2.58 bits per heavy atom. The van der Waals surface area contributed by atoms with Gasteiger partial charge in [-0.05, 0) is 43.2 Å². The Balaban J connectivity index is 2.15. The lowest BCUT2D eigenvalue weighted by Crippen LogP contribution is -2.48. The summed E-state index contributed by atoms with van der Waals surface area (Å²) in [7, 11) is 1.55. The zero-order chi connectivity index (χ0) is 19.1. The van der Waals surface area contributed by atoms with E-state index < -0.39 is 6.04 Å². The maximum atomic E-state index is 12.8. The van der Waals surface area contributed by atoms with Crippen molar-refractivity contribution >= 4 is 23.4 Å². The van der Waals surface area contributed by atoms with E-state index in [-0.39, 0.29) is 18.4 Å². The Kier molecular flexibility index (Phi) is 7.04. The Bertz CT molecular complexity index is 779. The van der Waals surface area contributed by atoms with Crippen LogP contribution in [0.3, 0.4) is 0 Å². The van der Waals surface area contributed by atoms with Crippen LogP contribution in [0, 0.1) is 6.92 Å². The number of nitrogens with one attached hydrogen (secondary N) is 1. The van der Waals surface area contributed by atoms with Crippen molar-refractivity contribution in [1.29, 1.82) is 0 Å². The van der Waals surface area contributed by atoms with Crippen molar-refractivity contribution in [2.75, 3.05) is 13.7 Å². The first-order valence-corrected chi connectivity index (χ1v) is 8.74. The number of carbonyl (C=O) groups excluding carboxylic acids is 2. The molecule has 6 heteroatoms. The van der Waals surface area contributed by atoms with Gasteiger partial charge in [-0.2, -0.15) is 0 Å². The van der Waals surface area contributed by atoms with Crippen molar-refractivity contribution < 1.29 is 14.3 Å².